The Balaban J connectivity index is 2.32. The van der Waals surface area contributed by atoms with Gasteiger partial charge in [0.1, 0.15) is 0 Å². The lowest BCUT2D eigenvalue weighted by Gasteiger charge is -2.16. The fraction of sp³-hybridized carbons (Fsp3) is 0.600. The first-order valence-corrected chi connectivity index (χ1v) is 6.70. The summed E-state index contributed by atoms with van der Waals surface area (Å²) in [5, 5.41) is 3.11. The van der Waals surface area contributed by atoms with E-state index in [1.807, 2.05) is 26.1 Å². The summed E-state index contributed by atoms with van der Waals surface area (Å²) in [6.07, 6.45) is -2.17. The smallest absolute Gasteiger partial charge is 0.317 e. The Hall–Kier alpha value is -1.03. The van der Waals surface area contributed by atoms with E-state index in [0.717, 1.165) is 12.8 Å². The molecule has 0 saturated heterocycles. The second kappa shape index (κ2) is 7.53. The summed E-state index contributed by atoms with van der Waals surface area (Å²) in [6, 6.07) is 8.41. The van der Waals surface area contributed by atoms with Gasteiger partial charge in [0.15, 0.2) is 0 Å². The molecule has 0 spiro atoms. The zero-order valence-corrected chi connectivity index (χ0v) is 11.6. The summed E-state index contributed by atoms with van der Waals surface area (Å²) >= 11 is 0. The first-order chi connectivity index (χ1) is 8.90. The highest BCUT2D eigenvalue weighted by molar-refractivity contribution is 5.22. The van der Waals surface area contributed by atoms with Crippen LogP contribution < -0.4 is 5.32 Å². The predicted octanol–water partition coefficient (Wildman–Crippen LogP) is 4.25. The molecule has 1 rings (SSSR count). The minimum absolute atomic E-state index is 0.155. The van der Waals surface area contributed by atoms with Crippen molar-refractivity contribution in [2.45, 2.75) is 51.2 Å². The van der Waals surface area contributed by atoms with Gasteiger partial charge in [-0.05, 0) is 45.2 Å². The lowest BCUT2D eigenvalue weighted by atomic mass is 10.00. The van der Waals surface area contributed by atoms with Gasteiger partial charge in [-0.1, -0.05) is 29.8 Å². The Labute approximate surface area is 113 Å². The average molecular weight is 273 g/mol. The summed E-state index contributed by atoms with van der Waals surface area (Å²) in [4.78, 5) is 0. The predicted molar refractivity (Wildman–Crippen MR) is 72.3 cm³/mol. The maximum atomic E-state index is 12.1. The van der Waals surface area contributed by atoms with Gasteiger partial charge in [0.2, 0.25) is 0 Å². The molecular formula is C15H22F3N. The number of hydrogen-bond donors (Lipinski definition) is 1. The van der Waals surface area contributed by atoms with Crippen molar-refractivity contribution < 1.29 is 13.2 Å². The van der Waals surface area contributed by atoms with Crippen molar-refractivity contribution in [1.29, 1.82) is 0 Å². The van der Waals surface area contributed by atoms with E-state index >= 15 is 0 Å². The Kier molecular flexibility index (Phi) is 6.35. The van der Waals surface area contributed by atoms with E-state index < -0.39 is 12.6 Å². The van der Waals surface area contributed by atoms with Crippen LogP contribution in [0, 0.1) is 6.92 Å². The lowest BCUT2D eigenvalue weighted by Crippen LogP contribution is -2.26. The molecule has 108 valence electrons. The van der Waals surface area contributed by atoms with Crippen LogP contribution in [-0.4, -0.2) is 19.3 Å². The van der Waals surface area contributed by atoms with Crippen molar-refractivity contribution in [2.75, 3.05) is 7.05 Å². The van der Waals surface area contributed by atoms with Crippen LogP contribution in [0.25, 0.3) is 0 Å². The van der Waals surface area contributed by atoms with Crippen LogP contribution in [0.15, 0.2) is 24.3 Å². The molecule has 0 amide bonds. The Morgan fingerprint density at radius 3 is 2.53 bits per heavy atom. The normalized spacial score (nSPS) is 13.5. The minimum Gasteiger partial charge on any atom is -0.317 e. The van der Waals surface area contributed by atoms with Gasteiger partial charge in [-0.3, -0.25) is 0 Å². The van der Waals surface area contributed by atoms with Gasteiger partial charge in [-0.2, -0.15) is 13.2 Å². The lowest BCUT2D eigenvalue weighted by molar-refractivity contribution is -0.135. The summed E-state index contributed by atoms with van der Waals surface area (Å²) in [5.41, 5.74) is 2.46. The first-order valence-electron chi connectivity index (χ1n) is 6.70. The highest BCUT2D eigenvalue weighted by atomic mass is 19.4. The van der Waals surface area contributed by atoms with E-state index in [2.05, 4.69) is 17.4 Å². The highest BCUT2D eigenvalue weighted by Gasteiger charge is 2.26. The van der Waals surface area contributed by atoms with E-state index in [4.69, 9.17) is 0 Å². The van der Waals surface area contributed by atoms with Gasteiger partial charge in [0.05, 0.1) is 0 Å². The summed E-state index contributed by atoms with van der Waals surface area (Å²) in [6.45, 7) is 2.04. The largest absolute Gasteiger partial charge is 0.389 e. The molecule has 19 heavy (non-hydrogen) atoms. The van der Waals surface area contributed by atoms with Gasteiger partial charge in [0.25, 0.3) is 0 Å². The molecule has 1 N–H and O–H groups in total. The van der Waals surface area contributed by atoms with Crippen molar-refractivity contribution in [3.63, 3.8) is 0 Å². The minimum atomic E-state index is -4.03. The molecule has 0 radical (unpaired) electrons. The van der Waals surface area contributed by atoms with Crippen LogP contribution in [0.4, 0.5) is 13.2 Å². The summed E-state index contributed by atoms with van der Waals surface area (Å²) in [5.74, 6) is 0. The number of nitrogens with one attached hydrogen (secondary N) is 1. The molecule has 0 fully saturated rings. The number of hydrogen-bond acceptors (Lipinski definition) is 1. The van der Waals surface area contributed by atoms with Gasteiger partial charge in [-0.15, -0.1) is 0 Å². The molecule has 1 aromatic carbocycles. The average Bonchev–Trinajstić information content (AvgIpc) is 2.32. The maximum absolute atomic E-state index is 12.1. The number of halogens is 3. The Bertz CT molecular complexity index is 374. The number of rotatable bonds is 7. The van der Waals surface area contributed by atoms with E-state index in [1.165, 1.54) is 11.1 Å². The third-order valence-electron chi connectivity index (χ3n) is 3.29. The molecule has 1 aromatic rings. The second-order valence-electron chi connectivity index (χ2n) is 5.02. The van der Waals surface area contributed by atoms with Gasteiger partial charge in [-0.25, -0.2) is 0 Å². The van der Waals surface area contributed by atoms with Crippen molar-refractivity contribution in [1.82, 2.24) is 5.32 Å². The Morgan fingerprint density at radius 2 is 1.95 bits per heavy atom. The molecule has 1 unspecified atom stereocenters. The molecule has 0 aliphatic rings. The van der Waals surface area contributed by atoms with Crippen molar-refractivity contribution >= 4 is 0 Å². The van der Waals surface area contributed by atoms with E-state index in [0.29, 0.717) is 6.42 Å². The SMILES string of the molecule is CNC(CCCC(F)(F)F)CCc1cccc(C)c1. The molecule has 0 aliphatic heterocycles. The molecular weight excluding hydrogens is 251 g/mol. The van der Waals surface area contributed by atoms with Crippen molar-refractivity contribution in [3.8, 4) is 0 Å². The van der Waals surface area contributed by atoms with Gasteiger partial charge < -0.3 is 5.32 Å². The molecule has 1 nitrogen and oxygen atoms in total. The molecule has 1 atom stereocenters. The van der Waals surface area contributed by atoms with Crippen molar-refractivity contribution in [2.24, 2.45) is 0 Å². The van der Waals surface area contributed by atoms with E-state index in [9.17, 15) is 13.2 Å². The van der Waals surface area contributed by atoms with Gasteiger partial charge >= 0.3 is 6.18 Å². The number of aryl methyl sites for hydroxylation is 2. The zero-order chi connectivity index (χ0) is 14.3. The molecule has 0 aromatic heterocycles. The van der Waals surface area contributed by atoms with Gasteiger partial charge in [0, 0.05) is 12.5 Å². The third-order valence-corrected chi connectivity index (χ3v) is 3.29. The Morgan fingerprint density at radius 1 is 1.21 bits per heavy atom. The van der Waals surface area contributed by atoms with Crippen LogP contribution >= 0.6 is 0 Å². The first kappa shape index (κ1) is 16.0. The van der Waals surface area contributed by atoms with Crippen LogP contribution in [0.1, 0.15) is 36.8 Å². The fourth-order valence-electron chi connectivity index (χ4n) is 2.19. The number of benzene rings is 1. The van der Waals surface area contributed by atoms with Crippen LogP contribution in [0.5, 0.6) is 0 Å². The molecule has 4 heteroatoms. The summed E-state index contributed by atoms with van der Waals surface area (Å²) in [7, 11) is 1.81. The number of alkyl halides is 3. The molecule has 0 bridgehead atoms. The summed E-state index contributed by atoms with van der Waals surface area (Å²) < 4.78 is 36.3. The second-order valence-corrected chi connectivity index (χ2v) is 5.02. The molecule has 0 aliphatic carbocycles. The third kappa shape index (κ3) is 7.21. The van der Waals surface area contributed by atoms with E-state index in [1.54, 1.807) is 0 Å². The maximum Gasteiger partial charge on any atom is 0.389 e. The van der Waals surface area contributed by atoms with E-state index in [-0.39, 0.29) is 12.5 Å². The van der Waals surface area contributed by atoms with Crippen LogP contribution in [0.3, 0.4) is 0 Å². The topological polar surface area (TPSA) is 12.0 Å². The quantitative estimate of drug-likeness (QED) is 0.783. The van der Waals surface area contributed by atoms with Crippen LogP contribution in [0.2, 0.25) is 0 Å². The zero-order valence-electron chi connectivity index (χ0n) is 11.6. The highest BCUT2D eigenvalue weighted by Crippen LogP contribution is 2.23. The standard InChI is InChI=1S/C15H22F3N/c1-12-5-3-6-13(11-12)8-9-14(19-2)7-4-10-15(16,17)18/h3,5-6,11,14,19H,4,7-10H2,1-2H3. The molecule has 0 saturated carbocycles. The molecule has 0 heterocycles. The monoisotopic (exact) mass is 273 g/mol. The van der Waals surface area contributed by atoms with Crippen LogP contribution in [-0.2, 0) is 6.42 Å². The fourth-order valence-corrected chi connectivity index (χ4v) is 2.19. The van der Waals surface area contributed by atoms with Crippen molar-refractivity contribution in [3.05, 3.63) is 35.4 Å².